The van der Waals surface area contributed by atoms with Gasteiger partial charge in [0.2, 0.25) is 5.95 Å². The minimum absolute atomic E-state index is 0.0345. The maximum absolute atomic E-state index is 5.79. The van der Waals surface area contributed by atoms with Gasteiger partial charge in [-0.3, -0.25) is 0 Å². The molecule has 1 aliphatic rings. The van der Waals surface area contributed by atoms with Crippen LogP contribution in [0, 0.1) is 0 Å². The van der Waals surface area contributed by atoms with Crippen molar-refractivity contribution in [3.63, 3.8) is 0 Å². The van der Waals surface area contributed by atoms with Crippen LogP contribution in [-0.2, 0) is 4.74 Å². The van der Waals surface area contributed by atoms with E-state index >= 15 is 0 Å². The Kier molecular flexibility index (Phi) is 6.31. The molecule has 4 rings (SSSR count). The average Bonchev–Trinajstić information content (AvgIpc) is 3.30. The van der Waals surface area contributed by atoms with Crippen molar-refractivity contribution >= 4 is 5.95 Å². The Morgan fingerprint density at radius 2 is 1.79 bits per heavy atom. The second kappa shape index (κ2) is 9.03. The van der Waals surface area contributed by atoms with Crippen LogP contribution in [0.2, 0.25) is 0 Å². The third-order valence-electron chi connectivity index (χ3n) is 5.80. The van der Waals surface area contributed by atoms with Crippen molar-refractivity contribution in [2.45, 2.75) is 57.7 Å². The van der Waals surface area contributed by atoms with E-state index in [1.54, 1.807) is 25.7 Å². The molecule has 0 radical (unpaired) electrons. The number of anilines is 1. The van der Waals surface area contributed by atoms with Gasteiger partial charge in [0.1, 0.15) is 11.4 Å². The second-order valence-corrected chi connectivity index (χ2v) is 9.76. The largest absolute Gasteiger partial charge is 0.467 e. The summed E-state index contributed by atoms with van der Waals surface area (Å²) in [6, 6.07) is 5.95. The standard InChI is InChI=1S/C23H32N8O2/c1-22(2)12-17(13-23(3,4)29-22)30(5)21-24-14-19(27-28-21)18-8-7-16(31-25-9-10-26-31)11-20(18)33-15-32-6/h7-11,14,17,29H,12-13,15H2,1-6H3. The highest BCUT2D eigenvalue weighted by molar-refractivity contribution is 5.68. The molecule has 1 fully saturated rings. The van der Waals surface area contributed by atoms with Crippen LogP contribution >= 0.6 is 0 Å². The molecule has 0 amide bonds. The third kappa shape index (κ3) is 5.28. The topological polar surface area (TPSA) is 103 Å². The van der Waals surface area contributed by atoms with Gasteiger partial charge in [0.25, 0.3) is 0 Å². The molecule has 10 nitrogen and oxygen atoms in total. The van der Waals surface area contributed by atoms with E-state index in [1.165, 1.54) is 4.80 Å². The molecule has 3 heterocycles. The van der Waals surface area contributed by atoms with E-state index in [1.807, 2.05) is 25.2 Å². The number of hydrogen-bond donors (Lipinski definition) is 1. The van der Waals surface area contributed by atoms with Gasteiger partial charge in [-0.15, -0.1) is 10.2 Å². The summed E-state index contributed by atoms with van der Waals surface area (Å²) in [4.78, 5) is 8.29. The molecule has 1 saturated heterocycles. The number of aromatic nitrogens is 6. The summed E-state index contributed by atoms with van der Waals surface area (Å²) in [5.41, 5.74) is 2.22. The second-order valence-electron chi connectivity index (χ2n) is 9.76. The number of nitrogens with one attached hydrogen (secondary N) is 1. The third-order valence-corrected chi connectivity index (χ3v) is 5.80. The zero-order chi connectivity index (χ0) is 23.6. The Morgan fingerprint density at radius 1 is 1.09 bits per heavy atom. The van der Waals surface area contributed by atoms with Crippen molar-refractivity contribution in [1.29, 1.82) is 0 Å². The molecule has 0 bridgehead atoms. The Balaban J connectivity index is 1.58. The van der Waals surface area contributed by atoms with Gasteiger partial charge in [-0.05, 0) is 52.7 Å². The molecule has 0 saturated carbocycles. The fourth-order valence-corrected chi connectivity index (χ4v) is 4.70. The highest BCUT2D eigenvalue weighted by Crippen LogP contribution is 2.33. The fourth-order valence-electron chi connectivity index (χ4n) is 4.70. The number of methoxy groups -OCH3 is 1. The Labute approximate surface area is 194 Å². The van der Waals surface area contributed by atoms with Crippen molar-refractivity contribution in [1.82, 2.24) is 35.5 Å². The summed E-state index contributed by atoms with van der Waals surface area (Å²) in [5, 5.41) is 21.0. The van der Waals surface area contributed by atoms with Gasteiger partial charge in [0.05, 0.1) is 24.3 Å². The molecule has 0 atom stereocenters. The van der Waals surface area contributed by atoms with Gasteiger partial charge in [0, 0.05) is 42.9 Å². The van der Waals surface area contributed by atoms with Crippen LogP contribution in [0.4, 0.5) is 5.95 Å². The zero-order valence-corrected chi connectivity index (χ0v) is 20.1. The summed E-state index contributed by atoms with van der Waals surface area (Å²) in [6.45, 7) is 9.05. The molecular formula is C23H32N8O2. The molecule has 0 unspecified atom stereocenters. The lowest BCUT2D eigenvalue weighted by Gasteiger charge is -2.48. The highest BCUT2D eigenvalue weighted by atomic mass is 16.7. The predicted octanol–water partition coefficient (Wildman–Crippen LogP) is 2.85. The molecular weight excluding hydrogens is 420 g/mol. The number of ether oxygens (including phenoxy) is 2. The highest BCUT2D eigenvalue weighted by Gasteiger charge is 2.39. The van der Waals surface area contributed by atoms with E-state index in [0.717, 1.165) is 24.1 Å². The van der Waals surface area contributed by atoms with E-state index < -0.39 is 0 Å². The maximum Gasteiger partial charge on any atom is 0.245 e. The lowest BCUT2D eigenvalue weighted by Crippen LogP contribution is -2.62. The zero-order valence-electron chi connectivity index (χ0n) is 20.1. The van der Waals surface area contributed by atoms with Crippen LogP contribution in [-0.4, -0.2) is 68.2 Å². The lowest BCUT2D eigenvalue weighted by molar-refractivity contribution is 0.0515. The first-order valence-corrected chi connectivity index (χ1v) is 11.0. The van der Waals surface area contributed by atoms with Crippen LogP contribution in [0.25, 0.3) is 16.9 Å². The van der Waals surface area contributed by atoms with Gasteiger partial charge in [-0.2, -0.15) is 15.0 Å². The molecule has 1 aromatic carbocycles. The Bertz CT molecular complexity index is 1050. The molecule has 2 aromatic heterocycles. The van der Waals surface area contributed by atoms with Crippen molar-refractivity contribution in [2.24, 2.45) is 0 Å². The van der Waals surface area contributed by atoms with Crippen molar-refractivity contribution < 1.29 is 9.47 Å². The molecule has 1 N–H and O–H groups in total. The van der Waals surface area contributed by atoms with Crippen LogP contribution in [0.5, 0.6) is 5.75 Å². The van der Waals surface area contributed by atoms with Gasteiger partial charge < -0.3 is 19.7 Å². The van der Waals surface area contributed by atoms with Gasteiger partial charge in [0.15, 0.2) is 6.79 Å². The lowest BCUT2D eigenvalue weighted by atomic mass is 9.79. The Hall–Kier alpha value is -3.11. The molecule has 0 spiro atoms. The van der Waals surface area contributed by atoms with Crippen LogP contribution < -0.4 is 15.0 Å². The van der Waals surface area contributed by atoms with Crippen molar-refractivity contribution in [3.05, 3.63) is 36.8 Å². The minimum Gasteiger partial charge on any atom is -0.467 e. The van der Waals surface area contributed by atoms with Gasteiger partial charge in [-0.1, -0.05) is 0 Å². The molecule has 1 aliphatic heterocycles. The smallest absolute Gasteiger partial charge is 0.245 e. The van der Waals surface area contributed by atoms with Crippen LogP contribution in [0.1, 0.15) is 40.5 Å². The quantitative estimate of drug-likeness (QED) is 0.542. The van der Waals surface area contributed by atoms with E-state index in [4.69, 9.17) is 9.47 Å². The number of nitrogens with zero attached hydrogens (tertiary/aromatic N) is 7. The van der Waals surface area contributed by atoms with Gasteiger partial charge in [-0.25, -0.2) is 4.98 Å². The predicted molar refractivity (Wildman–Crippen MR) is 125 cm³/mol. The van der Waals surface area contributed by atoms with E-state index in [9.17, 15) is 0 Å². The van der Waals surface area contributed by atoms with E-state index in [2.05, 4.69) is 63.3 Å². The monoisotopic (exact) mass is 452 g/mol. The van der Waals surface area contributed by atoms with E-state index in [0.29, 0.717) is 23.4 Å². The molecule has 10 heteroatoms. The van der Waals surface area contributed by atoms with Gasteiger partial charge >= 0.3 is 0 Å². The summed E-state index contributed by atoms with van der Waals surface area (Å²) in [6.07, 6.45) is 6.97. The molecule has 33 heavy (non-hydrogen) atoms. The van der Waals surface area contributed by atoms with Crippen LogP contribution in [0.15, 0.2) is 36.8 Å². The maximum atomic E-state index is 5.79. The normalized spacial score (nSPS) is 17.6. The molecule has 3 aromatic rings. The summed E-state index contributed by atoms with van der Waals surface area (Å²) >= 11 is 0. The average molecular weight is 453 g/mol. The minimum atomic E-state index is 0.0345. The number of hydrogen-bond acceptors (Lipinski definition) is 9. The Morgan fingerprint density at radius 3 is 2.39 bits per heavy atom. The molecule has 0 aliphatic carbocycles. The fraction of sp³-hybridized carbons (Fsp3) is 0.522. The summed E-state index contributed by atoms with van der Waals surface area (Å²) in [7, 11) is 3.62. The summed E-state index contributed by atoms with van der Waals surface area (Å²) in [5.74, 6) is 1.19. The SMILES string of the molecule is COCOc1cc(-n2nccn2)ccc1-c1cnc(N(C)C2CC(C)(C)NC(C)(C)C2)nn1. The molecule has 176 valence electrons. The summed E-state index contributed by atoms with van der Waals surface area (Å²) < 4.78 is 10.9. The van der Waals surface area contributed by atoms with E-state index in [-0.39, 0.29) is 17.9 Å². The first kappa shape index (κ1) is 23.1. The number of piperidine rings is 1. The number of benzene rings is 1. The van der Waals surface area contributed by atoms with Crippen LogP contribution in [0.3, 0.4) is 0 Å². The number of rotatable bonds is 7. The van der Waals surface area contributed by atoms with Crippen molar-refractivity contribution in [2.75, 3.05) is 25.9 Å². The first-order valence-electron chi connectivity index (χ1n) is 11.0. The van der Waals surface area contributed by atoms with Crippen molar-refractivity contribution in [3.8, 4) is 22.7 Å². The first-order chi connectivity index (χ1) is 15.7.